The normalized spacial score (nSPS) is 27.9. The Morgan fingerprint density at radius 3 is 2.82 bits per heavy atom. The molecule has 2 fully saturated rings. The fourth-order valence-electron chi connectivity index (χ4n) is 4.73. The first-order valence-electron chi connectivity index (χ1n) is 10.3. The summed E-state index contributed by atoms with van der Waals surface area (Å²) in [6, 6.07) is 10.5. The van der Waals surface area contributed by atoms with Gasteiger partial charge < -0.3 is 5.32 Å². The van der Waals surface area contributed by atoms with Crippen LogP contribution in [0.5, 0.6) is 0 Å². The van der Waals surface area contributed by atoms with E-state index in [0.717, 1.165) is 24.8 Å². The Morgan fingerprint density at radius 1 is 1.25 bits per heavy atom. The van der Waals surface area contributed by atoms with Gasteiger partial charge in [0.05, 0.1) is 6.20 Å². The van der Waals surface area contributed by atoms with Crippen LogP contribution in [-0.2, 0) is 18.4 Å². The highest BCUT2D eigenvalue weighted by Crippen LogP contribution is 2.38. The molecule has 0 radical (unpaired) electrons. The molecule has 150 valence electrons. The average molecular weight is 384 g/mol. The smallest absolute Gasteiger partial charge is 0.223 e. The van der Waals surface area contributed by atoms with Crippen molar-refractivity contribution < 1.29 is 9.18 Å². The number of likely N-dealkylation sites (tertiary alicyclic amines) is 1. The van der Waals surface area contributed by atoms with Gasteiger partial charge in [-0.2, -0.15) is 5.10 Å². The van der Waals surface area contributed by atoms with Crippen molar-refractivity contribution in [3.63, 3.8) is 0 Å². The van der Waals surface area contributed by atoms with E-state index in [4.69, 9.17) is 0 Å². The van der Waals surface area contributed by atoms with Crippen molar-refractivity contribution in [2.24, 2.45) is 13.0 Å². The van der Waals surface area contributed by atoms with Crippen molar-refractivity contribution in [3.05, 3.63) is 53.9 Å². The summed E-state index contributed by atoms with van der Waals surface area (Å²) >= 11 is 0. The van der Waals surface area contributed by atoms with Gasteiger partial charge in [0.1, 0.15) is 6.17 Å². The van der Waals surface area contributed by atoms with E-state index in [9.17, 15) is 9.18 Å². The molecule has 4 rings (SSSR count). The van der Waals surface area contributed by atoms with Crippen LogP contribution in [0.1, 0.15) is 42.7 Å². The molecule has 1 aliphatic heterocycles. The van der Waals surface area contributed by atoms with E-state index in [1.165, 1.54) is 5.56 Å². The summed E-state index contributed by atoms with van der Waals surface area (Å²) in [4.78, 5) is 14.8. The fraction of sp³-hybridized carbons (Fsp3) is 0.545. The minimum absolute atomic E-state index is 0.0467. The van der Waals surface area contributed by atoms with Crippen molar-refractivity contribution in [1.82, 2.24) is 20.0 Å². The number of benzene rings is 1. The summed E-state index contributed by atoms with van der Waals surface area (Å²) in [5.41, 5.74) is 2.41. The second-order valence-electron chi connectivity index (χ2n) is 8.30. The van der Waals surface area contributed by atoms with Crippen LogP contribution in [0.25, 0.3) is 0 Å². The minimum atomic E-state index is -0.826. The number of hydrogen-bond donors (Lipinski definition) is 1. The topological polar surface area (TPSA) is 50.2 Å². The van der Waals surface area contributed by atoms with Crippen molar-refractivity contribution in [2.45, 2.75) is 50.4 Å². The molecule has 2 aliphatic rings. The highest BCUT2D eigenvalue weighted by atomic mass is 19.1. The molecule has 2 aromatic rings. The zero-order valence-electron chi connectivity index (χ0n) is 16.4. The number of alkyl halides is 1. The molecule has 28 heavy (non-hydrogen) atoms. The molecule has 2 heterocycles. The second kappa shape index (κ2) is 8.43. The lowest BCUT2D eigenvalue weighted by Gasteiger charge is -2.24. The molecular weight excluding hydrogens is 355 g/mol. The number of amides is 1. The number of carbonyl (C=O) groups excluding carboxylic acids is 1. The van der Waals surface area contributed by atoms with Crippen LogP contribution in [0, 0.1) is 5.92 Å². The Hall–Kier alpha value is -2.21. The zero-order valence-corrected chi connectivity index (χ0v) is 16.4. The summed E-state index contributed by atoms with van der Waals surface area (Å²) in [5.74, 6) is 0.669. The maximum atomic E-state index is 14.0. The largest absolute Gasteiger partial charge is 0.354 e. The van der Waals surface area contributed by atoms with E-state index in [-0.39, 0.29) is 17.9 Å². The molecule has 0 spiro atoms. The zero-order chi connectivity index (χ0) is 19.5. The number of hydrogen-bond acceptors (Lipinski definition) is 3. The van der Waals surface area contributed by atoms with Gasteiger partial charge >= 0.3 is 0 Å². The molecule has 0 unspecified atom stereocenters. The summed E-state index contributed by atoms with van der Waals surface area (Å²) < 4.78 is 15.8. The molecule has 1 aliphatic carbocycles. The molecule has 6 heteroatoms. The standard InChI is InChI=1S/C22H29FN4O/c1-26-13-16(11-25-26)14-27-15-20(23)10-21(27)12-24-22(28)19-8-7-18(9-19)17-5-3-2-4-6-17/h2-6,11,13,18-21H,7-10,12,14-15H2,1H3,(H,24,28)/t18-,19-,20+,21+/m1/s1. The molecule has 1 saturated carbocycles. The molecule has 5 nitrogen and oxygen atoms in total. The molecule has 1 amide bonds. The molecule has 1 saturated heterocycles. The number of rotatable bonds is 6. The summed E-state index contributed by atoms with van der Waals surface area (Å²) in [6.07, 6.45) is 6.34. The third kappa shape index (κ3) is 4.43. The molecule has 4 atom stereocenters. The Kier molecular flexibility index (Phi) is 5.76. The lowest BCUT2D eigenvalue weighted by molar-refractivity contribution is -0.125. The summed E-state index contributed by atoms with van der Waals surface area (Å²) in [7, 11) is 1.88. The van der Waals surface area contributed by atoms with Gasteiger partial charge in [-0.3, -0.25) is 14.4 Å². The quantitative estimate of drug-likeness (QED) is 0.833. The first-order chi connectivity index (χ1) is 13.6. The van der Waals surface area contributed by atoms with Gasteiger partial charge in [0, 0.05) is 50.4 Å². The first kappa shape index (κ1) is 19.1. The predicted octanol–water partition coefficient (Wildman–Crippen LogP) is 3.03. The van der Waals surface area contributed by atoms with Crippen LogP contribution in [0.3, 0.4) is 0 Å². The van der Waals surface area contributed by atoms with Gasteiger partial charge in [-0.05, 0) is 37.2 Å². The van der Waals surface area contributed by atoms with Gasteiger partial charge in [0.15, 0.2) is 0 Å². The number of nitrogens with one attached hydrogen (secondary N) is 1. The number of carbonyl (C=O) groups is 1. The third-order valence-electron chi connectivity index (χ3n) is 6.21. The lowest BCUT2D eigenvalue weighted by Crippen LogP contribution is -2.41. The van der Waals surface area contributed by atoms with Gasteiger partial charge in [-0.25, -0.2) is 4.39 Å². The average Bonchev–Trinajstić information content (AvgIpc) is 3.41. The van der Waals surface area contributed by atoms with E-state index in [2.05, 4.69) is 39.6 Å². The third-order valence-corrected chi connectivity index (χ3v) is 6.21. The Balaban J connectivity index is 1.29. The highest BCUT2D eigenvalue weighted by Gasteiger charge is 2.34. The maximum Gasteiger partial charge on any atom is 0.223 e. The highest BCUT2D eigenvalue weighted by molar-refractivity contribution is 5.79. The molecule has 1 aromatic heterocycles. The van der Waals surface area contributed by atoms with Gasteiger partial charge in [0.25, 0.3) is 0 Å². The number of aromatic nitrogens is 2. The van der Waals surface area contributed by atoms with Crippen molar-refractivity contribution in [3.8, 4) is 0 Å². The van der Waals surface area contributed by atoms with Crippen LogP contribution in [-0.4, -0.2) is 45.9 Å². The van der Waals surface area contributed by atoms with Crippen molar-refractivity contribution in [2.75, 3.05) is 13.1 Å². The minimum Gasteiger partial charge on any atom is -0.354 e. The van der Waals surface area contributed by atoms with Gasteiger partial charge in [-0.1, -0.05) is 30.3 Å². The number of aryl methyl sites for hydroxylation is 1. The second-order valence-corrected chi connectivity index (χ2v) is 8.30. The van der Waals surface area contributed by atoms with Crippen LogP contribution in [0.2, 0.25) is 0 Å². The summed E-state index contributed by atoms with van der Waals surface area (Å²) in [6.45, 7) is 1.62. The van der Waals surface area contributed by atoms with Gasteiger partial charge in [-0.15, -0.1) is 0 Å². The van der Waals surface area contributed by atoms with Crippen molar-refractivity contribution >= 4 is 5.91 Å². The fourth-order valence-corrected chi connectivity index (χ4v) is 4.73. The Bertz CT molecular complexity index is 793. The van der Waals surface area contributed by atoms with Gasteiger partial charge in [0.2, 0.25) is 5.91 Å². The SMILES string of the molecule is Cn1cc(CN2C[C@@H](F)C[C@H]2CNC(=O)[C@@H]2CC[C@@H](c3ccccc3)C2)cn1. The first-order valence-corrected chi connectivity index (χ1v) is 10.3. The van der Waals surface area contributed by atoms with E-state index in [1.807, 2.05) is 25.5 Å². The van der Waals surface area contributed by atoms with Crippen molar-refractivity contribution in [1.29, 1.82) is 0 Å². The van der Waals surface area contributed by atoms with Crippen LogP contribution < -0.4 is 5.32 Å². The van der Waals surface area contributed by atoms with Crippen LogP contribution in [0.15, 0.2) is 42.7 Å². The van der Waals surface area contributed by atoms with E-state index in [1.54, 1.807) is 4.68 Å². The van der Waals surface area contributed by atoms with Crippen LogP contribution in [0.4, 0.5) is 4.39 Å². The monoisotopic (exact) mass is 384 g/mol. The molecule has 0 bridgehead atoms. The van der Waals surface area contributed by atoms with E-state index in [0.29, 0.717) is 32.0 Å². The molecular formula is C22H29FN4O. The number of nitrogens with zero attached hydrogens (tertiary/aromatic N) is 3. The Labute approximate surface area is 165 Å². The maximum absolute atomic E-state index is 14.0. The predicted molar refractivity (Wildman–Crippen MR) is 106 cm³/mol. The van der Waals surface area contributed by atoms with E-state index < -0.39 is 6.17 Å². The lowest BCUT2D eigenvalue weighted by atomic mass is 9.96. The van der Waals surface area contributed by atoms with E-state index >= 15 is 0 Å². The number of halogens is 1. The molecule has 1 aromatic carbocycles. The molecule has 1 N–H and O–H groups in total. The van der Waals surface area contributed by atoms with Crippen LogP contribution >= 0.6 is 0 Å². The summed E-state index contributed by atoms with van der Waals surface area (Å²) in [5, 5.41) is 7.30. The Morgan fingerprint density at radius 2 is 2.07 bits per heavy atom.